The average Bonchev–Trinajstić information content (AvgIpc) is 2.40. The van der Waals surface area contributed by atoms with E-state index in [9.17, 15) is 38.9 Å². The van der Waals surface area contributed by atoms with Gasteiger partial charge in [-0.25, -0.2) is 0 Å². The molecule has 0 bridgehead atoms. The molecule has 0 amide bonds. The monoisotopic (exact) mass is 456 g/mol. The van der Waals surface area contributed by atoms with Crippen LogP contribution in [-0.4, -0.2) is 6.61 Å². The van der Waals surface area contributed by atoms with Gasteiger partial charge in [0.2, 0.25) is 0 Å². The van der Waals surface area contributed by atoms with Crippen LogP contribution in [0.15, 0.2) is 34.6 Å². The Morgan fingerprint density at radius 3 is 1.81 bits per heavy atom. The Morgan fingerprint density at radius 1 is 0.889 bits per heavy atom. The van der Waals surface area contributed by atoms with Crippen LogP contribution in [0.4, 0.5) is 38.9 Å². The molecular formula is C14H18F10OS2. The lowest BCUT2D eigenvalue weighted by atomic mass is 10.1. The summed E-state index contributed by atoms with van der Waals surface area (Å²) in [6.07, 6.45) is -0.0865. The summed E-state index contributed by atoms with van der Waals surface area (Å²) >= 11 is 0. The van der Waals surface area contributed by atoms with Crippen LogP contribution in [0.25, 0.3) is 0 Å². The van der Waals surface area contributed by atoms with Gasteiger partial charge in [0, 0.05) is 0 Å². The van der Waals surface area contributed by atoms with Gasteiger partial charge in [-0.1, -0.05) is 57.9 Å². The quantitative estimate of drug-likeness (QED) is 0.204. The fourth-order valence-electron chi connectivity index (χ4n) is 2.33. The van der Waals surface area contributed by atoms with Gasteiger partial charge in [0.25, 0.3) is 0 Å². The van der Waals surface area contributed by atoms with Gasteiger partial charge in [0.15, 0.2) is 4.90 Å². The topological polar surface area (TPSA) is 9.23 Å². The van der Waals surface area contributed by atoms with Crippen LogP contribution in [0.1, 0.15) is 31.7 Å². The summed E-state index contributed by atoms with van der Waals surface area (Å²) in [6, 6.07) is 0.535. The minimum absolute atomic E-state index is 0.0143. The molecule has 0 aliphatic rings. The first-order valence-corrected chi connectivity index (χ1v) is 11.4. The van der Waals surface area contributed by atoms with Gasteiger partial charge in [-0.2, -0.15) is 0 Å². The van der Waals surface area contributed by atoms with E-state index in [1.807, 2.05) is 0 Å². The average molecular weight is 456 g/mol. The van der Waals surface area contributed by atoms with E-state index in [1.54, 1.807) is 0 Å². The second-order valence-corrected chi connectivity index (χ2v) is 10.5. The second-order valence-electron chi connectivity index (χ2n) is 5.85. The zero-order chi connectivity index (χ0) is 21.5. The van der Waals surface area contributed by atoms with Crippen LogP contribution in [-0.2, 0) is 6.42 Å². The number of allylic oxidation sites excluding steroid dienone is 1. The van der Waals surface area contributed by atoms with Gasteiger partial charge in [-0.05, 0) is 37.3 Å². The number of ether oxygens (including phenoxy) is 1. The van der Waals surface area contributed by atoms with Crippen LogP contribution in [0.5, 0.6) is 5.75 Å². The van der Waals surface area contributed by atoms with E-state index in [4.69, 9.17) is 0 Å². The van der Waals surface area contributed by atoms with Crippen molar-refractivity contribution in [3.63, 3.8) is 0 Å². The third kappa shape index (κ3) is 6.40. The molecule has 0 spiro atoms. The zero-order valence-corrected chi connectivity index (χ0v) is 15.6. The summed E-state index contributed by atoms with van der Waals surface area (Å²) in [4.78, 5) is -7.33. The molecule has 0 radical (unpaired) electrons. The number of aryl methyl sites for hydroxylation is 1. The SMILES string of the molecule is C=CCCCc1ccc(OCCC)c(S(F)(F)(F)(F)F)c1S(F)(F)(F)(F)F. The predicted molar refractivity (Wildman–Crippen MR) is 88.2 cm³/mol. The first kappa shape index (κ1) is 23.8. The first-order chi connectivity index (χ1) is 11.6. The minimum atomic E-state index is -11.2. The number of rotatable bonds is 9. The Hall–Kier alpha value is -1.24. The van der Waals surface area contributed by atoms with Crippen molar-refractivity contribution in [3.8, 4) is 5.75 Å². The van der Waals surface area contributed by atoms with E-state index in [2.05, 4.69) is 11.3 Å². The van der Waals surface area contributed by atoms with Crippen molar-refractivity contribution in [3.05, 3.63) is 30.4 Å². The zero-order valence-electron chi connectivity index (χ0n) is 14.0. The summed E-state index contributed by atoms with van der Waals surface area (Å²) in [5.74, 6) is -1.97. The largest absolute Gasteiger partial charge is 0.492 e. The van der Waals surface area contributed by atoms with Crippen molar-refractivity contribution in [1.82, 2.24) is 0 Å². The van der Waals surface area contributed by atoms with E-state index in [1.165, 1.54) is 13.0 Å². The highest BCUT2D eigenvalue weighted by molar-refractivity contribution is 8.48. The normalized spacial score (nSPS) is 18.0. The highest BCUT2D eigenvalue weighted by Crippen LogP contribution is 3.10. The molecule has 0 fully saturated rings. The fourth-order valence-corrected chi connectivity index (χ4v) is 5.38. The van der Waals surface area contributed by atoms with Crippen LogP contribution in [0.3, 0.4) is 0 Å². The predicted octanol–water partition coefficient (Wildman–Crippen LogP) is 9.30. The molecule has 0 unspecified atom stereocenters. The van der Waals surface area contributed by atoms with E-state index >= 15 is 0 Å². The molecule has 27 heavy (non-hydrogen) atoms. The summed E-state index contributed by atoms with van der Waals surface area (Å²) in [6.45, 7) is 3.91. The smallest absolute Gasteiger partial charge is 0.315 e. The maximum Gasteiger partial charge on any atom is 0.315 e. The Morgan fingerprint density at radius 2 is 1.41 bits per heavy atom. The molecule has 0 aliphatic carbocycles. The third-order valence-electron chi connectivity index (χ3n) is 3.25. The summed E-state index contributed by atoms with van der Waals surface area (Å²) < 4.78 is 139. The molecule has 0 atom stereocenters. The van der Waals surface area contributed by atoms with Crippen molar-refractivity contribution >= 4 is 20.4 Å². The van der Waals surface area contributed by atoms with Crippen LogP contribution in [0.2, 0.25) is 0 Å². The molecule has 0 heterocycles. The van der Waals surface area contributed by atoms with E-state index in [-0.39, 0.29) is 25.3 Å². The number of unbranched alkanes of at least 4 members (excludes halogenated alkanes) is 1. The molecule has 1 aromatic rings. The third-order valence-corrected chi connectivity index (χ3v) is 5.79. The molecule has 0 saturated carbocycles. The number of halogens is 10. The maximum absolute atomic E-state index is 13.5. The Bertz CT molecular complexity index is 738. The summed E-state index contributed by atoms with van der Waals surface area (Å²) in [7, 11) is -22.4. The molecule has 1 rings (SSSR count). The minimum Gasteiger partial charge on any atom is -0.492 e. The lowest BCUT2D eigenvalue weighted by Gasteiger charge is -2.49. The molecule has 0 aromatic heterocycles. The van der Waals surface area contributed by atoms with Crippen molar-refractivity contribution in [2.75, 3.05) is 6.61 Å². The molecule has 13 heteroatoms. The van der Waals surface area contributed by atoms with Crippen LogP contribution in [0, 0.1) is 0 Å². The second kappa shape index (κ2) is 5.65. The van der Waals surface area contributed by atoms with Gasteiger partial charge >= 0.3 is 20.4 Å². The highest BCUT2D eigenvalue weighted by atomic mass is 32.5. The van der Waals surface area contributed by atoms with Crippen LogP contribution >= 0.6 is 20.4 Å². The number of hydrogen-bond donors (Lipinski definition) is 0. The van der Waals surface area contributed by atoms with Gasteiger partial charge in [0.05, 0.1) is 6.61 Å². The highest BCUT2D eigenvalue weighted by Gasteiger charge is 2.77. The number of benzene rings is 1. The Kier molecular flexibility index (Phi) is 4.98. The van der Waals surface area contributed by atoms with Gasteiger partial charge in [-0.3, -0.25) is 0 Å². The van der Waals surface area contributed by atoms with E-state index < -0.39 is 54.6 Å². The standard InChI is InChI=1S/C14H18F10OS2/c1-3-5-6-7-11-8-9-12(25-10-4-2)14(27(20,21,22,23)24)13(11)26(15,16,17,18)19/h3,8-9H,1,4-7,10H2,2H3. The van der Waals surface area contributed by atoms with Crippen molar-refractivity contribution in [1.29, 1.82) is 0 Å². The number of hydrogen-bond acceptors (Lipinski definition) is 1. The molecule has 1 nitrogen and oxygen atoms in total. The molecule has 0 N–H and O–H groups in total. The van der Waals surface area contributed by atoms with Crippen molar-refractivity contribution < 1.29 is 43.6 Å². The fraction of sp³-hybridized carbons (Fsp3) is 0.429. The van der Waals surface area contributed by atoms with Gasteiger partial charge in [0.1, 0.15) is 10.6 Å². The van der Waals surface area contributed by atoms with E-state index in [0.717, 1.165) is 0 Å². The van der Waals surface area contributed by atoms with E-state index in [0.29, 0.717) is 6.07 Å². The molecule has 0 aliphatic heterocycles. The van der Waals surface area contributed by atoms with Crippen molar-refractivity contribution in [2.45, 2.75) is 42.4 Å². The lowest BCUT2D eigenvalue weighted by molar-refractivity contribution is 0.285. The molecule has 1 aromatic carbocycles. The molecule has 162 valence electrons. The molecular weight excluding hydrogens is 438 g/mol. The lowest BCUT2D eigenvalue weighted by Crippen LogP contribution is -2.20. The summed E-state index contributed by atoms with van der Waals surface area (Å²) in [5.41, 5.74) is -1.57. The van der Waals surface area contributed by atoms with Gasteiger partial charge in [-0.15, -0.1) is 6.58 Å². The van der Waals surface area contributed by atoms with Crippen molar-refractivity contribution in [2.24, 2.45) is 0 Å². The van der Waals surface area contributed by atoms with Crippen LogP contribution < -0.4 is 4.74 Å². The summed E-state index contributed by atoms with van der Waals surface area (Å²) in [5, 5.41) is 0. The Labute approximate surface area is 149 Å². The van der Waals surface area contributed by atoms with Gasteiger partial charge < -0.3 is 4.74 Å². The maximum atomic E-state index is 13.5. The molecule has 0 saturated heterocycles. The first-order valence-electron chi connectivity index (χ1n) is 7.48. The Balaban J connectivity index is 4.04.